The van der Waals surface area contributed by atoms with E-state index in [2.05, 4.69) is 11.5 Å². The van der Waals surface area contributed by atoms with Crippen LogP contribution in [0.15, 0.2) is 0 Å². The Balaban J connectivity index is -0.000000143. The molecule has 78 valence electrons. The van der Waals surface area contributed by atoms with E-state index < -0.39 is 32.0 Å². The van der Waals surface area contributed by atoms with Crippen LogP contribution in [0.1, 0.15) is 0 Å². The summed E-state index contributed by atoms with van der Waals surface area (Å²) in [5.74, 6) is -1.40. The van der Waals surface area contributed by atoms with Gasteiger partial charge < -0.3 is 11.5 Å². The van der Waals surface area contributed by atoms with Crippen LogP contribution in [-0.4, -0.2) is 86.6 Å². The molecule has 0 amide bonds. The predicted molar refractivity (Wildman–Crippen MR) is 47.0 cm³/mol. The third kappa shape index (κ3) is 31.9. The molecule has 0 aromatic rings. The first-order valence-electron chi connectivity index (χ1n) is 2.43. The van der Waals surface area contributed by atoms with E-state index in [9.17, 15) is 16.8 Å². The van der Waals surface area contributed by atoms with Crippen molar-refractivity contribution < 1.29 is 25.9 Å². The predicted octanol–water partition coefficient (Wildman–Crippen LogP) is -2.80. The van der Waals surface area contributed by atoms with Crippen molar-refractivity contribution in [2.45, 2.75) is 0 Å². The van der Waals surface area contributed by atoms with Gasteiger partial charge in [0.15, 0.2) is 0 Å². The van der Waals surface area contributed by atoms with Crippen molar-refractivity contribution in [2.75, 3.05) is 11.8 Å². The monoisotopic (exact) mass is 360 g/mol. The van der Waals surface area contributed by atoms with E-state index >= 15 is 0 Å². The van der Waals surface area contributed by atoms with E-state index in [1.807, 2.05) is 0 Å². The second kappa shape index (κ2) is 8.61. The van der Waals surface area contributed by atoms with Gasteiger partial charge in [0, 0.05) is 48.9 Å². The first-order valence-corrected chi connectivity index (χ1v) is 5.64. The van der Waals surface area contributed by atoms with Crippen LogP contribution in [0.5, 0.6) is 0 Å². The molecule has 0 aromatic carbocycles. The van der Waals surface area contributed by atoms with Crippen LogP contribution in [0, 0.1) is 0 Å². The van der Waals surface area contributed by atoms with Gasteiger partial charge >= 0.3 is 0 Å². The first-order chi connectivity index (χ1) is 5.12. The van der Waals surface area contributed by atoms with E-state index in [1.165, 1.54) is 0 Å². The molecule has 2 radical (unpaired) electrons. The molecule has 6 N–H and O–H groups in total. The van der Waals surface area contributed by atoms with Gasteiger partial charge in [0.2, 0.25) is 0 Å². The molecule has 0 bridgehead atoms. The van der Waals surface area contributed by atoms with Gasteiger partial charge in [0.1, 0.15) is 11.8 Å². The van der Waals surface area contributed by atoms with E-state index in [-0.39, 0.29) is 48.9 Å². The molecule has 0 fully saturated rings. The molecule has 8 nitrogen and oxygen atoms in total. The average Bonchev–Trinajstić information content (AvgIpc) is 1.86. The fraction of sp³-hybridized carbons (Fsp3) is 1.00. The zero-order valence-electron chi connectivity index (χ0n) is 6.62. The Morgan fingerprint density at radius 1 is 0.846 bits per heavy atom. The molecule has 0 saturated heterocycles. The maximum Gasteiger partial charge on any atom is 0.277 e. The molecule has 13 heavy (non-hydrogen) atoms. The summed E-state index contributed by atoms with van der Waals surface area (Å²) in [6.45, 7) is 0. The molecule has 0 aromatic heterocycles. The Hall–Kier alpha value is 1.31. The fourth-order valence-electron chi connectivity index (χ4n) is 0. The Morgan fingerprint density at radius 2 is 0.923 bits per heavy atom. The van der Waals surface area contributed by atoms with Crippen molar-refractivity contribution in [1.82, 2.24) is 0 Å². The summed E-state index contributed by atoms with van der Waals surface area (Å²) < 4.78 is 53.1. The van der Waals surface area contributed by atoms with Crippen LogP contribution in [0.2, 0.25) is 0 Å². The van der Waals surface area contributed by atoms with Crippen LogP contribution >= 0.6 is 0 Å². The Bertz CT molecular complexity index is 263. The van der Waals surface area contributed by atoms with E-state index in [1.54, 1.807) is 0 Å². The summed E-state index contributed by atoms with van der Waals surface area (Å²) in [5.41, 5.74) is 8.94. The van der Waals surface area contributed by atoms with Crippen molar-refractivity contribution >= 4 is 69.1 Å². The molecule has 0 spiro atoms. The minimum Gasteiger partial charge on any atom is -0.316 e. The molecular formula is C2H10BaN2O6S2. The smallest absolute Gasteiger partial charge is 0.277 e. The molecule has 0 atom stereocenters. The van der Waals surface area contributed by atoms with Crippen molar-refractivity contribution in [3.05, 3.63) is 0 Å². The second-order valence-corrected chi connectivity index (χ2v) is 4.49. The van der Waals surface area contributed by atoms with Crippen molar-refractivity contribution in [3.63, 3.8) is 0 Å². The molecule has 0 rings (SSSR count). The summed E-state index contributed by atoms with van der Waals surface area (Å²) in [4.78, 5) is 0. The van der Waals surface area contributed by atoms with Crippen LogP contribution in [-0.2, 0) is 20.2 Å². The van der Waals surface area contributed by atoms with Crippen LogP contribution in [0.3, 0.4) is 0 Å². The van der Waals surface area contributed by atoms with Gasteiger partial charge in [0.05, 0.1) is 0 Å². The number of rotatable bonds is 2. The van der Waals surface area contributed by atoms with E-state index in [0.29, 0.717) is 0 Å². The SMILES string of the molecule is NCS(=O)(=O)O.NCS(=O)(=O)O.[Ba]. The summed E-state index contributed by atoms with van der Waals surface area (Å²) >= 11 is 0. The molecular weight excluding hydrogens is 349 g/mol. The molecule has 0 heterocycles. The summed E-state index contributed by atoms with van der Waals surface area (Å²) in [6, 6.07) is 0. The van der Waals surface area contributed by atoms with Crippen molar-refractivity contribution in [2.24, 2.45) is 11.5 Å². The second-order valence-electron chi connectivity index (χ2n) is 1.50. The Morgan fingerprint density at radius 3 is 0.923 bits per heavy atom. The maximum atomic E-state index is 9.43. The standard InChI is InChI=1S/2CH5NO3S.Ba/c2*2-1-6(3,4)5;/h2*1-2H2,(H,3,4,5);. The third-order valence-corrected chi connectivity index (χ3v) is 1.26. The van der Waals surface area contributed by atoms with E-state index in [4.69, 9.17) is 9.11 Å². The average molecular weight is 360 g/mol. The van der Waals surface area contributed by atoms with Crippen LogP contribution in [0.4, 0.5) is 0 Å². The maximum absolute atomic E-state index is 9.43. The summed E-state index contributed by atoms with van der Waals surface area (Å²) in [6.07, 6.45) is 0. The number of nitrogens with two attached hydrogens (primary N) is 2. The van der Waals surface area contributed by atoms with Gasteiger partial charge in [0.25, 0.3) is 20.2 Å². The third-order valence-electron chi connectivity index (χ3n) is 0.421. The largest absolute Gasteiger partial charge is 0.316 e. The van der Waals surface area contributed by atoms with Crippen molar-refractivity contribution in [3.8, 4) is 0 Å². The van der Waals surface area contributed by atoms with Gasteiger partial charge in [-0.2, -0.15) is 16.8 Å². The van der Waals surface area contributed by atoms with Gasteiger partial charge in [-0.1, -0.05) is 0 Å². The van der Waals surface area contributed by atoms with Crippen LogP contribution in [0.25, 0.3) is 0 Å². The Kier molecular flexibility index (Phi) is 13.1. The number of hydrogen-bond donors (Lipinski definition) is 4. The normalized spacial score (nSPS) is 10.8. The topological polar surface area (TPSA) is 161 Å². The van der Waals surface area contributed by atoms with E-state index in [0.717, 1.165) is 0 Å². The summed E-state index contributed by atoms with van der Waals surface area (Å²) in [5, 5.41) is 0. The zero-order chi connectivity index (χ0) is 10.4. The molecule has 0 unspecified atom stereocenters. The van der Waals surface area contributed by atoms with Crippen molar-refractivity contribution in [1.29, 1.82) is 0 Å². The molecule has 0 aliphatic rings. The molecule has 11 heteroatoms. The molecule has 0 aliphatic carbocycles. The van der Waals surface area contributed by atoms with Gasteiger partial charge in [-0.25, -0.2) is 0 Å². The van der Waals surface area contributed by atoms with Gasteiger partial charge in [-0.15, -0.1) is 0 Å². The van der Waals surface area contributed by atoms with Gasteiger partial charge in [-0.05, 0) is 0 Å². The minimum atomic E-state index is -3.88. The molecule has 0 aliphatic heterocycles. The quantitative estimate of drug-likeness (QED) is 0.304. The summed E-state index contributed by atoms with van der Waals surface area (Å²) in [7, 11) is -7.77. The van der Waals surface area contributed by atoms with Crippen LogP contribution < -0.4 is 11.5 Å². The zero-order valence-corrected chi connectivity index (χ0v) is 12.7. The fourth-order valence-corrected chi connectivity index (χ4v) is 0. The molecule has 0 saturated carbocycles. The Labute approximate surface area is 117 Å². The first kappa shape index (κ1) is 19.8. The number of hydrogen-bond acceptors (Lipinski definition) is 6. The minimum absolute atomic E-state index is 0. The van der Waals surface area contributed by atoms with Gasteiger partial charge in [-0.3, -0.25) is 9.11 Å².